The topological polar surface area (TPSA) is 32.3 Å². The number of nitrogens with one attached hydrogen (secondary N) is 1. The second kappa shape index (κ2) is 5.11. The number of fused-ring (bicyclic) bond motifs is 1. The summed E-state index contributed by atoms with van der Waals surface area (Å²) in [5, 5.41) is 16.8. The van der Waals surface area contributed by atoms with Gasteiger partial charge in [-0.3, -0.25) is 0 Å². The van der Waals surface area contributed by atoms with Gasteiger partial charge in [0.1, 0.15) is 5.75 Å². The second-order valence-electron chi connectivity index (χ2n) is 4.27. The molecule has 0 radical (unpaired) electrons. The molecule has 2 nitrogen and oxygen atoms in total. The third-order valence-corrected chi connectivity index (χ3v) is 4.21. The number of thiophene rings is 1. The van der Waals surface area contributed by atoms with Crippen molar-refractivity contribution in [2.75, 3.05) is 5.32 Å². The van der Waals surface area contributed by atoms with Gasteiger partial charge in [-0.1, -0.05) is 23.7 Å². The molecule has 0 saturated carbocycles. The maximum absolute atomic E-state index is 9.84. The summed E-state index contributed by atoms with van der Waals surface area (Å²) in [6, 6.07) is 13.7. The van der Waals surface area contributed by atoms with Crippen molar-refractivity contribution >= 4 is 38.7 Å². The van der Waals surface area contributed by atoms with Crippen molar-refractivity contribution in [2.24, 2.45) is 0 Å². The van der Waals surface area contributed by atoms with Gasteiger partial charge in [0.2, 0.25) is 0 Å². The monoisotopic (exact) mass is 289 g/mol. The Labute approximate surface area is 120 Å². The fourth-order valence-corrected chi connectivity index (χ4v) is 2.94. The molecule has 2 N–H and O–H groups in total. The molecule has 3 rings (SSSR count). The maximum atomic E-state index is 9.84. The summed E-state index contributed by atoms with van der Waals surface area (Å²) in [6.07, 6.45) is 0. The van der Waals surface area contributed by atoms with Crippen LogP contribution in [0.5, 0.6) is 5.75 Å². The van der Waals surface area contributed by atoms with Gasteiger partial charge in [-0.15, -0.1) is 11.3 Å². The van der Waals surface area contributed by atoms with E-state index in [4.69, 9.17) is 11.6 Å². The summed E-state index contributed by atoms with van der Waals surface area (Å²) in [4.78, 5) is 0. The molecule has 0 aliphatic rings. The highest BCUT2D eigenvalue weighted by Gasteiger charge is 2.05. The highest BCUT2D eigenvalue weighted by atomic mass is 35.5. The molecule has 0 spiro atoms. The van der Waals surface area contributed by atoms with Crippen molar-refractivity contribution in [3.63, 3.8) is 0 Å². The Morgan fingerprint density at radius 1 is 1.16 bits per heavy atom. The fraction of sp³-hybridized carbons (Fsp3) is 0.0667. The predicted molar refractivity (Wildman–Crippen MR) is 82.3 cm³/mol. The number of benzene rings is 2. The average molecular weight is 290 g/mol. The molecule has 4 heteroatoms. The molecule has 0 unspecified atom stereocenters. The van der Waals surface area contributed by atoms with Gasteiger partial charge in [0.25, 0.3) is 0 Å². The van der Waals surface area contributed by atoms with Crippen LogP contribution in [0.2, 0.25) is 5.02 Å². The smallest absolute Gasteiger partial charge is 0.139 e. The van der Waals surface area contributed by atoms with E-state index in [1.54, 1.807) is 17.4 Å². The largest absolute Gasteiger partial charge is 0.506 e. The molecule has 2 aromatic carbocycles. The highest BCUT2D eigenvalue weighted by Crippen LogP contribution is 2.28. The Balaban J connectivity index is 1.80. The van der Waals surface area contributed by atoms with Gasteiger partial charge < -0.3 is 10.4 Å². The minimum atomic E-state index is 0.147. The molecular weight excluding hydrogens is 278 g/mol. The van der Waals surface area contributed by atoms with E-state index >= 15 is 0 Å². The second-order valence-corrected chi connectivity index (χ2v) is 5.63. The highest BCUT2D eigenvalue weighted by molar-refractivity contribution is 7.17. The summed E-state index contributed by atoms with van der Waals surface area (Å²) in [6.45, 7) is 0.544. The van der Waals surface area contributed by atoms with E-state index < -0.39 is 0 Å². The number of rotatable bonds is 3. The lowest BCUT2D eigenvalue weighted by Gasteiger charge is -2.09. The fourth-order valence-electron chi connectivity index (χ4n) is 1.98. The first kappa shape index (κ1) is 12.3. The molecule has 96 valence electrons. The predicted octanol–water partition coefficient (Wildman–Crippen LogP) is 4.87. The van der Waals surface area contributed by atoms with Crippen molar-refractivity contribution in [1.29, 1.82) is 0 Å². The van der Waals surface area contributed by atoms with Gasteiger partial charge >= 0.3 is 0 Å². The van der Waals surface area contributed by atoms with E-state index in [9.17, 15) is 5.11 Å². The van der Waals surface area contributed by atoms with E-state index in [1.807, 2.05) is 18.2 Å². The number of halogens is 1. The third-order valence-electron chi connectivity index (χ3n) is 3.01. The Morgan fingerprint density at radius 2 is 2.05 bits per heavy atom. The van der Waals surface area contributed by atoms with Crippen LogP contribution in [-0.2, 0) is 6.54 Å². The van der Waals surface area contributed by atoms with Gasteiger partial charge in [0, 0.05) is 22.5 Å². The van der Waals surface area contributed by atoms with Crippen LogP contribution in [0.4, 0.5) is 5.69 Å². The van der Waals surface area contributed by atoms with Gasteiger partial charge in [0.15, 0.2) is 0 Å². The molecular formula is C15H12ClNOS. The van der Waals surface area contributed by atoms with Gasteiger partial charge in [-0.05, 0) is 41.1 Å². The van der Waals surface area contributed by atoms with Crippen molar-refractivity contribution < 1.29 is 5.11 Å². The Bertz CT molecular complexity index is 723. The number of para-hydroxylation sites is 1. The molecule has 0 bridgehead atoms. The Morgan fingerprint density at radius 3 is 2.95 bits per heavy atom. The van der Waals surface area contributed by atoms with Crippen molar-refractivity contribution in [2.45, 2.75) is 6.54 Å². The molecule has 0 aliphatic carbocycles. The van der Waals surface area contributed by atoms with E-state index in [2.05, 4.69) is 28.9 Å². The van der Waals surface area contributed by atoms with Crippen LogP contribution in [0.1, 0.15) is 5.56 Å². The van der Waals surface area contributed by atoms with Gasteiger partial charge in [-0.25, -0.2) is 0 Å². The normalized spacial score (nSPS) is 10.8. The lowest BCUT2D eigenvalue weighted by Crippen LogP contribution is -1.99. The summed E-state index contributed by atoms with van der Waals surface area (Å²) < 4.78 is 1.27. The maximum Gasteiger partial charge on any atom is 0.139 e. The van der Waals surface area contributed by atoms with Crippen LogP contribution in [0.25, 0.3) is 10.1 Å². The van der Waals surface area contributed by atoms with E-state index in [1.165, 1.54) is 10.1 Å². The molecule has 0 atom stereocenters. The van der Waals surface area contributed by atoms with Crippen LogP contribution < -0.4 is 5.32 Å². The summed E-state index contributed by atoms with van der Waals surface area (Å²) in [7, 11) is 0. The van der Waals surface area contributed by atoms with Crippen LogP contribution >= 0.6 is 22.9 Å². The number of phenols is 1. The van der Waals surface area contributed by atoms with Gasteiger partial charge in [-0.2, -0.15) is 0 Å². The molecule has 0 aliphatic heterocycles. The first-order valence-corrected chi connectivity index (χ1v) is 7.17. The van der Waals surface area contributed by atoms with E-state index in [-0.39, 0.29) is 5.75 Å². The Hall–Kier alpha value is -1.71. The van der Waals surface area contributed by atoms with E-state index in [0.29, 0.717) is 11.6 Å². The molecule has 19 heavy (non-hydrogen) atoms. The Kier molecular flexibility index (Phi) is 3.32. The van der Waals surface area contributed by atoms with Crippen molar-refractivity contribution in [1.82, 2.24) is 0 Å². The molecule has 1 aromatic heterocycles. The number of phenolic OH excluding ortho intramolecular Hbond substituents is 1. The zero-order chi connectivity index (χ0) is 13.2. The first-order valence-electron chi connectivity index (χ1n) is 5.91. The zero-order valence-corrected chi connectivity index (χ0v) is 11.6. The van der Waals surface area contributed by atoms with Crippen LogP contribution in [0, 0.1) is 0 Å². The van der Waals surface area contributed by atoms with Crippen LogP contribution in [-0.4, -0.2) is 5.11 Å². The first-order chi connectivity index (χ1) is 9.24. The minimum Gasteiger partial charge on any atom is -0.506 e. The van der Waals surface area contributed by atoms with Crippen molar-refractivity contribution in [3.8, 4) is 5.75 Å². The summed E-state index contributed by atoms with van der Waals surface area (Å²) >= 11 is 7.61. The number of hydrogen-bond donors (Lipinski definition) is 2. The molecule has 3 aromatic rings. The average Bonchev–Trinajstić information content (AvgIpc) is 2.88. The quantitative estimate of drug-likeness (QED) is 0.721. The lowest BCUT2D eigenvalue weighted by molar-refractivity contribution is 0.469. The minimum absolute atomic E-state index is 0.147. The SMILES string of the molecule is Oc1c(Cl)cccc1CNc1ccc2sccc2c1. The zero-order valence-electron chi connectivity index (χ0n) is 10.1. The lowest BCUT2D eigenvalue weighted by atomic mass is 10.2. The van der Waals surface area contributed by atoms with Crippen molar-refractivity contribution in [3.05, 3.63) is 58.4 Å². The number of hydrogen-bond acceptors (Lipinski definition) is 3. The van der Waals surface area contributed by atoms with Crippen LogP contribution in [0.3, 0.4) is 0 Å². The molecule has 0 fully saturated rings. The molecule has 0 saturated heterocycles. The molecule has 0 amide bonds. The number of anilines is 1. The molecule has 1 heterocycles. The summed E-state index contributed by atoms with van der Waals surface area (Å²) in [5.41, 5.74) is 1.82. The third kappa shape index (κ3) is 2.53. The van der Waals surface area contributed by atoms with Gasteiger partial charge in [0.05, 0.1) is 5.02 Å². The van der Waals surface area contributed by atoms with E-state index in [0.717, 1.165) is 11.3 Å². The standard InChI is InChI=1S/C15H12ClNOS/c16-13-3-1-2-11(15(13)18)9-17-12-4-5-14-10(8-12)6-7-19-14/h1-8,17-18H,9H2. The summed E-state index contributed by atoms with van der Waals surface area (Å²) in [5.74, 6) is 0.147. The van der Waals surface area contributed by atoms with Crippen LogP contribution in [0.15, 0.2) is 47.8 Å². The number of aromatic hydroxyl groups is 1.